The summed E-state index contributed by atoms with van der Waals surface area (Å²) in [4.78, 5) is 16.4. The molecule has 1 aliphatic heterocycles. The average Bonchev–Trinajstić information content (AvgIpc) is 2.93. The number of nitrogens with one attached hydrogen (secondary N) is 1. The number of benzene rings is 2. The van der Waals surface area contributed by atoms with Gasteiger partial charge in [0.05, 0.1) is 10.6 Å². The van der Waals surface area contributed by atoms with Crippen LogP contribution in [-0.4, -0.2) is 31.5 Å². The number of aliphatic imine (C=N–C) groups is 1. The van der Waals surface area contributed by atoms with Gasteiger partial charge < -0.3 is 0 Å². The lowest BCUT2D eigenvalue weighted by molar-refractivity contribution is 0.0706. The van der Waals surface area contributed by atoms with Gasteiger partial charge in [0.1, 0.15) is 0 Å². The zero-order valence-electron chi connectivity index (χ0n) is 13.9. The maximum Gasteiger partial charge on any atom is 0.274 e. The van der Waals surface area contributed by atoms with E-state index < -0.39 is 15.7 Å². The molecule has 0 bridgehead atoms. The third-order valence-corrected chi connectivity index (χ3v) is 5.39. The molecule has 3 rings (SSSR count). The summed E-state index contributed by atoms with van der Waals surface area (Å²) in [5.74, 6) is -0.563. The first-order valence-electron chi connectivity index (χ1n) is 7.71. The molecule has 7 heteroatoms. The molecule has 0 atom stereocenters. The Morgan fingerprint density at radius 1 is 1.28 bits per heavy atom. The Morgan fingerprint density at radius 2 is 2.04 bits per heavy atom. The van der Waals surface area contributed by atoms with Gasteiger partial charge in [0.2, 0.25) is 0 Å². The van der Waals surface area contributed by atoms with Gasteiger partial charge in [-0.25, -0.2) is 13.9 Å². The zero-order chi connectivity index (χ0) is 18.2. The number of carbonyl (C=O) groups excluding carboxylic acids is 1. The minimum absolute atomic E-state index is 0.337. The monoisotopic (exact) mass is 358 g/mol. The molecule has 0 unspecified atom stereocenters. The fraction of sp³-hybridized carbons (Fsp3) is 0.222. The highest BCUT2D eigenvalue weighted by Crippen LogP contribution is 2.32. The van der Waals surface area contributed by atoms with Crippen molar-refractivity contribution in [2.45, 2.75) is 24.7 Å². The van der Waals surface area contributed by atoms with Crippen LogP contribution in [0.4, 0.5) is 5.69 Å². The molecular weight excluding hydrogens is 340 g/mol. The lowest BCUT2D eigenvalue weighted by atomic mass is 10.0. The molecule has 1 heterocycles. The Bertz CT molecular complexity index is 994. The smallest absolute Gasteiger partial charge is 0.274 e. The first-order valence-corrected chi connectivity index (χ1v) is 9.60. The molecule has 130 valence electrons. The highest BCUT2D eigenvalue weighted by atomic mass is 32.2. The van der Waals surface area contributed by atoms with Crippen molar-refractivity contribution < 1.29 is 18.4 Å². The molecular formula is C18H18N2O4S. The van der Waals surface area contributed by atoms with E-state index in [0.29, 0.717) is 28.9 Å². The van der Waals surface area contributed by atoms with E-state index >= 15 is 0 Å². The van der Waals surface area contributed by atoms with Crippen LogP contribution in [-0.2, 0) is 22.7 Å². The Morgan fingerprint density at radius 3 is 2.72 bits per heavy atom. The van der Waals surface area contributed by atoms with Gasteiger partial charge in [0.25, 0.3) is 5.91 Å². The van der Waals surface area contributed by atoms with E-state index in [1.807, 2.05) is 6.07 Å². The predicted molar refractivity (Wildman–Crippen MR) is 94.5 cm³/mol. The number of hydrogen-bond donors (Lipinski definition) is 2. The Hall–Kier alpha value is -2.51. The Kier molecular flexibility index (Phi) is 4.45. The van der Waals surface area contributed by atoms with Crippen LogP contribution in [0.25, 0.3) is 0 Å². The lowest BCUT2D eigenvalue weighted by Crippen LogP contribution is -2.18. The van der Waals surface area contributed by atoms with Crippen LogP contribution in [0.2, 0.25) is 0 Å². The maximum atomic E-state index is 11.9. The summed E-state index contributed by atoms with van der Waals surface area (Å²) < 4.78 is 23.7. The quantitative estimate of drug-likeness (QED) is 0.648. The molecule has 0 saturated carbocycles. The minimum Gasteiger partial charge on any atom is -0.288 e. The molecule has 0 aliphatic carbocycles. The van der Waals surface area contributed by atoms with Crippen LogP contribution in [0, 0.1) is 6.92 Å². The second-order valence-electron chi connectivity index (χ2n) is 6.19. The number of aryl methyl sites for hydroxylation is 1. The van der Waals surface area contributed by atoms with E-state index in [9.17, 15) is 13.2 Å². The van der Waals surface area contributed by atoms with Crippen LogP contribution in [0.1, 0.15) is 27.0 Å². The van der Waals surface area contributed by atoms with Crippen LogP contribution in [0.15, 0.2) is 46.3 Å². The Balaban J connectivity index is 1.85. The number of fused-ring (bicyclic) bond motifs is 1. The molecule has 1 aliphatic rings. The largest absolute Gasteiger partial charge is 0.288 e. The average molecular weight is 358 g/mol. The van der Waals surface area contributed by atoms with E-state index in [0.717, 1.165) is 22.5 Å². The van der Waals surface area contributed by atoms with Gasteiger partial charge in [-0.15, -0.1) is 0 Å². The summed E-state index contributed by atoms with van der Waals surface area (Å²) in [5.41, 5.74) is 6.16. The summed E-state index contributed by atoms with van der Waals surface area (Å²) in [6.45, 7) is 1.77. The van der Waals surface area contributed by atoms with Crippen molar-refractivity contribution in [3.05, 3.63) is 58.7 Å². The van der Waals surface area contributed by atoms with E-state index in [4.69, 9.17) is 5.21 Å². The second kappa shape index (κ2) is 6.42. The van der Waals surface area contributed by atoms with E-state index in [-0.39, 0.29) is 0 Å². The van der Waals surface area contributed by atoms with Crippen molar-refractivity contribution in [2.75, 3.05) is 6.26 Å². The summed E-state index contributed by atoms with van der Waals surface area (Å²) in [7, 11) is -3.27. The second-order valence-corrected chi connectivity index (χ2v) is 8.18. The number of hydrogen-bond acceptors (Lipinski definition) is 5. The highest BCUT2D eigenvalue weighted by Gasteiger charge is 2.20. The molecule has 0 radical (unpaired) electrons. The fourth-order valence-corrected chi connectivity index (χ4v) is 4.01. The van der Waals surface area contributed by atoms with E-state index in [1.165, 1.54) is 6.26 Å². The van der Waals surface area contributed by atoms with Gasteiger partial charge in [-0.05, 0) is 47.9 Å². The first kappa shape index (κ1) is 17.3. The molecule has 0 saturated heterocycles. The SMILES string of the molecule is Cc1cc2c(cc1S(C)(=O)=O)CC(Cc1cccc(C(=O)NO)c1)=N2. The first-order chi connectivity index (χ1) is 11.8. The van der Waals surface area contributed by atoms with Gasteiger partial charge in [-0.2, -0.15) is 0 Å². The molecule has 0 fully saturated rings. The lowest BCUT2D eigenvalue weighted by Gasteiger charge is -2.06. The van der Waals surface area contributed by atoms with Gasteiger partial charge in [-0.1, -0.05) is 12.1 Å². The number of nitrogens with zero attached hydrogens (tertiary/aromatic N) is 1. The standard InChI is InChI=1S/C18H18N2O4S/c1-11-6-16-14(10-17(11)25(2,23)24)9-15(19-16)8-12-4-3-5-13(7-12)18(21)20-22/h3-7,10,22H,8-9H2,1-2H3,(H,20,21). The zero-order valence-corrected chi connectivity index (χ0v) is 14.7. The van der Waals surface area contributed by atoms with E-state index in [2.05, 4.69) is 4.99 Å². The van der Waals surface area contributed by atoms with Crippen LogP contribution < -0.4 is 5.48 Å². The number of sulfone groups is 1. The minimum atomic E-state index is -3.27. The van der Waals surface area contributed by atoms with Gasteiger partial charge >= 0.3 is 0 Å². The maximum absolute atomic E-state index is 11.9. The Labute approximate surface area is 146 Å². The summed E-state index contributed by atoms with van der Waals surface area (Å²) in [6.07, 6.45) is 2.33. The van der Waals surface area contributed by atoms with Crippen LogP contribution >= 0.6 is 0 Å². The normalized spacial score (nSPS) is 13.3. The molecule has 25 heavy (non-hydrogen) atoms. The third kappa shape index (κ3) is 3.62. The molecule has 2 N–H and O–H groups in total. The van der Waals surface area contributed by atoms with Crippen molar-refractivity contribution in [3.63, 3.8) is 0 Å². The van der Waals surface area contributed by atoms with Crippen molar-refractivity contribution in [1.29, 1.82) is 0 Å². The molecule has 6 nitrogen and oxygen atoms in total. The van der Waals surface area contributed by atoms with Crippen molar-refractivity contribution >= 4 is 27.1 Å². The number of rotatable bonds is 4. The summed E-state index contributed by atoms with van der Waals surface area (Å²) in [5, 5.41) is 8.73. The number of hydroxylamine groups is 1. The van der Waals surface area contributed by atoms with Gasteiger partial charge in [0, 0.05) is 30.4 Å². The third-order valence-electron chi connectivity index (χ3n) is 4.15. The topological polar surface area (TPSA) is 95.8 Å². The predicted octanol–water partition coefficient (Wildman–Crippen LogP) is 2.39. The van der Waals surface area contributed by atoms with Crippen molar-refractivity contribution in [3.8, 4) is 0 Å². The molecule has 1 amide bonds. The number of carbonyl (C=O) groups is 1. The highest BCUT2D eigenvalue weighted by molar-refractivity contribution is 7.90. The van der Waals surface area contributed by atoms with Crippen LogP contribution in [0.5, 0.6) is 0 Å². The van der Waals surface area contributed by atoms with Crippen molar-refractivity contribution in [1.82, 2.24) is 5.48 Å². The van der Waals surface area contributed by atoms with Gasteiger partial charge in [-0.3, -0.25) is 15.0 Å². The summed E-state index contributed by atoms with van der Waals surface area (Å²) in [6, 6.07) is 10.4. The molecule has 2 aromatic rings. The molecule has 0 spiro atoms. The summed E-state index contributed by atoms with van der Waals surface area (Å²) >= 11 is 0. The fourth-order valence-electron chi connectivity index (χ4n) is 3.01. The van der Waals surface area contributed by atoms with Crippen LogP contribution in [0.3, 0.4) is 0 Å². The van der Waals surface area contributed by atoms with E-state index in [1.54, 1.807) is 42.7 Å². The van der Waals surface area contributed by atoms with Crippen molar-refractivity contribution in [2.24, 2.45) is 4.99 Å². The van der Waals surface area contributed by atoms with Gasteiger partial charge in [0.15, 0.2) is 9.84 Å². The molecule has 2 aromatic carbocycles. The number of amides is 1. The molecule has 0 aromatic heterocycles.